The van der Waals surface area contributed by atoms with Crippen LogP contribution in [0, 0.1) is 0 Å². The zero-order valence-corrected chi connectivity index (χ0v) is 10.6. The Labute approximate surface area is 110 Å². The lowest BCUT2D eigenvalue weighted by Gasteiger charge is -2.05. The van der Waals surface area contributed by atoms with Crippen LogP contribution in [-0.4, -0.2) is 28.4 Å². The molecule has 0 saturated heterocycles. The van der Waals surface area contributed by atoms with Crippen LogP contribution < -0.4 is 16.0 Å². The predicted octanol–water partition coefficient (Wildman–Crippen LogP) is -0.693. The van der Waals surface area contributed by atoms with Gasteiger partial charge in [-0.15, -0.1) is 0 Å². The summed E-state index contributed by atoms with van der Waals surface area (Å²) in [5, 5.41) is -0.0180. The average molecular weight is 304 g/mol. The molecule has 0 amide bonds. The Kier molecular flexibility index (Phi) is 3.36. The molecule has 2 aromatic heterocycles. The second kappa shape index (κ2) is 4.82. The van der Waals surface area contributed by atoms with Crippen LogP contribution in [-0.2, 0) is 10.0 Å². The molecule has 0 atom stereocenters. The lowest BCUT2D eigenvalue weighted by atomic mass is 10.7. The predicted molar refractivity (Wildman–Crippen MR) is 65.5 cm³/mol. The molecular weight excluding hydrogens is 298 g/mol. The number of hydrogen-bond acceptors (Lipinski definition) is 6. The second-order valence-corrected chi connectivity index (χ2v) is 5.31. The number of halogens is 1. The van der Waals surface area contributed by atoms with Gasteiger partial charge in [-0.1, -0.05) is 11.6 Å². The maximum absolute atomic E-state index is 11.9. The number of nitrogens with zero attached hydrogens (tertiary/aromatic N) is 2. The Morgan fingerprint density at radius 3 is 2.63 bits per heavy atom. The van der Waals surface area contributed by atoms with Crippen molar-refractivity contribution in [3.63, 3.8) is 0 Å². The maximum atomic E-state index is 11.9. The first-order chi connectivity index (χ1) is 8.88. The summed E-state index contributed by atoms with van der Waals surface area (Å²) in [7, 11) is -4.20. The van der Waals surface area contributed by atoms with Gasteiger partial charge in [-0.2, -0.15) is 0 Å². The fourth-order valence-corrected chi connectivity index (χ4v) is 2.32. The number of aromatic amines is 2. The standard InChI is InChI=1S/C8H6ClN5O4S/c9-5-2-10-3-6(12-5)14-19(17,18)4-1-11-8(16)13-7(4)15/h1-3H,(H,12,14)(H2,11,13,15,16). The molecule has 9 nitrogen and oxygen atoms in total. The Bertz CT molecular complexity index is 827. The summed E-state index contributed by atoms with van der Waals surface area (Å²) in [6, 6.07) is 0. The molecule has 100 valence electrons. The van der Waals surface area contributed by atoms with Crippen molar-refractivity contribution in [2.24, 2.45) is 0 Å². The highest BCUT2D eigenvalue weighted by Gasteiger charge is 2.19. The molecule has 0 saturated carbocycles. The number of sulfonamides is 1. The van der Waals surface area contributed by atoms with E-state index < -0.39 is 26.2 Å². The van der Waals surface area contributed by atoms with Gasteiger partial charge in [0.25, 0.3) is 15.6 Å². The third-order valence-electron chi connectivity index (χ3n) is 1.92. The van der Waals surface area contributed by atoms with E-state index in [1.165, 1.54) is 6.20 Å². The van der Waals surface area contributed by atoms with Crippen LogP contribution in [0.4, 0.5) is 5.82 Å². The van der Waals surface area contributed by atoms with Crippen LogP contribution in [0.25, 0.3) is 0 Å². The third kappa shape index (κ3) is 2.98. The van der Waals surface area contributed by atoms with E-state index >= 15 is 0 Å². The van der Waals surface area contributed by atoms with Crippen molar-refractivity contribution in [1.29, 1.82) is 0 Å². The molecule has 2 rings (SSSR count). The molecule has 3 N–H and O–H groups in total. The van der Waals surface area contributed by atoms with Gasteiger partial charge in [0.15, 0.2) is 10.7 Å². The van der Waals surface area contributed by atoms with Crippen molar-refractivity contribution in [3.05, 3.63) is 44.6 Å². The number of hydrogen-bond donors (Lipinski definition) is 3. The minimum atomic E-state index is -4.20. The molecule has 2 aromatic rings. The Morgan fingerprint density at radius 1 is 1.26 bits per heavy atom. The van der Waals surface area contributed by atoms with E-state index in [2.05, 4.69) is 15.0 Å². The first-order valence-electron chi connectivity index (χ1n) is 4.71. The summed E-state index contributed by atoms with van der Waals surface area (Å²) in [4.78, 5) is 32.7. The summed E-state index contributed by atoms with van der Waals surface area (Å²) in [6.07, 6.45) is 3.11. The van der Waals surface area contributed by atoms with Crippen LogP contribution >= 0.6 is 11.6 Å². The van der Waals surface area contributed by atoms with Crippen LogP contribution in [0.1, 0.15) is 0 Å². The molecule has 0 aliphatic heterocycles. The van der Waals surface area contributed by atoms with Crippen molar-refractivity contribution < 1.29 is 8.42 Å². The molecule has 11 heteroatoms. The van der Waals surface area contributed by atoms with Gasteiger partial charge in [0.05, 0.1) is 12.4 Å². The summed E-state index contributed by atoms with van der Waals surface area (Å²) in [5.74, 6) is -0.155. The monoisotopic (exact) mass is 303 g/mol. The smallest absolute Gasteiger partial charge is 0.313 e. The highest BCUT2D eigenvalue weighted by molar-refractivity contribution is 7.92. The van der Waals surface area contributed by atoms with Crippen molar-refractivity contribution in [1.82, 2.24) is 19.9 Å². The van der Waals surface area contributed by atoms with Gasteiger partial charge in [0.2, 0.25) is 0 Å². The van der Waals surface area contributed by atoms with Crippen LogP contribution in [0.15, 0.2) is 33.1 Å². The molecule has 0 bridgehead atoms. The molecule has 0 spiro atoms. The molecule has 0 fully saturated rings. The van der Waals surface area contributed by atoms with E-state index in [9.17, 15) is 18.0 Å². The molecule has 0 unspecified atom stereocenters. The number of rotatable bonds is 3. The number of nitrogens with one attached hydrogen (secondary N) is 3. The zero-order chi connectivity index (χ0) is 14.0. The Morgan fingerprint density at radius 2 is 2.00 bits per heavy atom. The van der Waals surface area contributed by atoms with Gasteiger partial charge in [0.1, 0.15) is 5.15 Å². The van der Waals surface area contributed by atoms with E-state index in [4.69, 9.17) is 11.6 Å². The first kappa shape index (κ1) is 13.2. The maximum Gasteiger partial charge on any atom is 0.325 e. The molecule has 0 aliphatic rings. The number of H-pyrrole nitrogens is 2. The van der Waals surface area contributed by atoms with Gasteiger partial charge < -0.3 is 4.98 Å². The fourth-order valence-electron chi connectivity index (χ4n) is 1.18. The summed E-state index contributed by atoms with van der Waals surface area (Å²) in [6.45, 7) is 0. The normalized spacial score (nSPS) is 11.2. The minimum Gasteiger partial charge on any atom is -0.313 e. The summed E-state index contributed by atoms with van der Waals surface area (Å²) < 4.78 is 25.8. The van der Waals surface area contributed by atoms with E-state index in [1.807, 2.05) is 4.72 Å². The lowest BCUT2D eigenvalue weighted by Crippen LogP contribution is -2.29. The van der Waals surface area contributed by atoms with Gasteiger partial charge in [-0.3, -0.25) is 19.5 Å². The number of aromatic nitrogens is 4. The molecule has 19 heavy (non-hydrogen) atoms. The van der Waals surface area contributed by atoms with Crippen molar-refractivity contribution >= 4 is 27.4 Å². The largest absolute Gasteiger partial charge is 0.325 e. The third-order valence-corrected chi connectivity index (χ3v) is 3.46. The van der Waals surface area contributed by atoms with Crippen molar-refractivity contribution in [2.75, 3.05) is 4.72 Å². The summed E-state index contributed by atoms with van der Waals surface area (Å²) >= 11 is 5.55. The van der Waals surface area contributed by atoms with Crippen LogP contribution in [0.3, 0.4) is 0 Å². The first-order valence-corrected chi connectivity index (χ1v) is 6.57. The Hall–Kier alpha value is -2.20. The highest BCUT2D eigenvalue weighted by atomic mass is 35.5. The minimum absolute atomic E-state index is 0.0180. The second-order valence-electron chi connectivity index (χ2n) is 3.27. The van der Waals surface area contributed by atoms with Crippen LogP contribution in [0.2, 0.25) is 5.15 Å². The SMILES string of the molecule is O=c1[nH]cc(S(=O)(=O)Nc2cncc(Cl)n2)c(=O)[nH]1. The van der Waals surface area contributed by atoms with Gasteiger partial charge in [-0.05, 0) is 0 Å². The Balaban J connectivity index is 2.43. The van der Waals surface area contributed by atoms with Gasteiger partial charge in [0, 0.05) is 6.20 Å². The zero-order valence-electron chi connectivity index (χ0n) is 9.05. The van der Waals surface area contributed by atoms with E-state index in [-0.39, 0.29) is 11.0 Å². The van der Waals surface area contributed by atoms with Crippen molar-refractivity contribution in [2.45, 2.75) is 4.90 Å². The van der Waals surface area contributed by atoms with Gasteiger partial charge in [-0.25, -0.2) is 18.2 Å². The quantitative estimate of drug-likeness (QED) is 0.686. The van der Waals surface area contributed by atoms with E-state index in [1.54, 1.807) is 4.98 Å². The van der Waals surface area contributed by atoms with Crippen molar-refractivity contribution in [3.8, 4) is 0 Å². The molecule has 0 aliphatic carbocycles. The lowest BCUT2D eigenvalue weighted by molar-refractivity contribution is 0.598. The fraction of sp³-hybridized carbons (Fsp3) is 0. The molecule has 0 radical (unpaired) electrons. The molecule has 2 heterocycles. The number of anilines is 1. The molecular formula is C8H6ClN5O4S. The van der Waals surface area contributed by atoms with E-state index in [0.29, 0.717) is 0 Å². The highest BCUT2D eigenvalue weighted by Crippen LogP contribution is 2.11. The average Bonchev–Trinajstić information content (AvgIpc) is 2.27. The topological polar surface area (TPSA) is 138 Å². The molecule has 0 aromatic carbocycles. The van der Waals surface area contributed by atoms with Crippen LogP contribution in [0.5, 0.6) is 0 Å². The van der Waals surface area contributed by atoms with Gasteiger partial charge >= 0.3 is 5.69 Å². The van der Waals surface area contributed by atoms with E-state index in [0.717, 1.165) is 12.4 Å². The summed E-state index contributed by atoms with van der Waals surface area (Å²) in [5.41, 5.74) is -1.86.